The van der Waals surface area contributed by atoms with E-state index in [-0.39, 0.29) is 17.8 Å². The summed E-state index contributed by atoms with van der Waals surface area (Å²) in [5.41, 5.74) is -0.533. The van der Waals surface area contributed by atoms with Crippen LogP contribution < -0.4 is 0 Å². The highest BCUT2D eigenvalue weighted by molar-refractivity contribution is 7.80. The number of carbonyl (C=O) groups is 1. The number of hydrogen-bond acceptors (Lipinski definition) is 3. The molecule has 1 rings (SSSR count). The van der Waals surface area contributed by atoms with E-state index in [1.54, 1.807) is 0 Å². The lowest BCUT2D eigenvalue weighted by Crippen LogP contribution is -2.38. The highest BCUT2D eigenvalue weighted by atomic mass is 35.5. The number of halogens is 2. The molecule has 0 aromatic rings. The van der Waals surface area contributed by atoms with Crippen molar-refractivity contribution in [2.75, 3.05) is 14.1 Å². The highest BCUT2D eigenvalue weighted by Gasteiger charge is 2.54. The Labute approximate surface area is 136 Å². The average molecular weight is 340 g/mol. The number of esters is 1. The number of alkyl halides is 2. The molecule has 0 saturated heterocycles. The number of hydrogen-bond donors (Lipinski definition) is 0. The number of nitrogens with zero attached hydrogens (tertiary/aromatic N) is 1. The Morgan fingerprint density at radius 2 is 1.85 bits per heavy atom. The fraction of sp³-hybridized carbons (Fsp3) is 0.857. The molecular weight excluding hydrogens is 317 g/mol. The lowest BCUT2D eigenvalue weighted by molar-refractivity contribution is -0.160. The van der Waals surface area contributed by atoms with Crippen LogP contribution in [0, 0.1) is 17.8 Å². The van der Waals surface area contributed by atoms with Gasteiger partial charge in [-0.3, -0.25) is 4.79 Å². The van der Waals surface area contributed by atoms with Crippen molar-refractivity contribution < 1.29 is 9.53 Å². The molecule has 1 fully saturated rings. The lowest BCUT2D eigenvalue weighted by atomic mass is 9.89. The first-order chi connectivity index (χ1) is 8.87. The summed E-state index contributed by atoms with van der Waals surface area (Å²) in [5.74, 6) is -0.945. The van der Waals surface area contributed by atoms with Crippen molar-refractivity contribution >= 4 is 46.4 Å². The van der Waals surface area contributed by atoms with Crippen molar-refractivity contribution in [2.24, 2.45) is 17.8 Å². The fourth-order valence-corrected chi connectivity index (χ4v) is 3.48. The molecule has 0 aliphatic heterocycles. The molecule has 3 nitrogen and oxygen atoms in total. The molecule has 0 spiro atoms. The van der Waals surface area contributed by atoms with Gasteiger partial charge in [-0.1, -0.05) is 19.1 Å². The Morgan fingerprint density at radius 3 is 2.25 bits per heavy atom. The molecule has 1 saturated carbocycles. The average Bonchev–Trinajstić information content (AvgIpc) is 2.47. The molecule has 6 heteroatoms. The lowest BCUT2D eigenvalue weighted by Gasteiger charge is -2.29. The molecule has 1 aliphatic rings. The Hall–Kier alpha value is -0.0600. The maximum absolute atomic E-state index is 12.4. The Morgan fingerprint density at radius 1 is 1.35 bits per heavy atom. The van der Waals surface area contributed by atoms with Crippen LogP contribution in [0.4, 0.5) is 0 Å². The molecule has 0 aromatic carbocycles. The second kappa shape index (κ2) is 5.98. The van der Waals surface area contributed by atoms with E-state index in [1.165, 1.54) is 0 Å². The third-order valence-electron chi connectivity index (χ3n) is 3.57. The van der Waals surface area contributed by atoms with Crippen LogP contribution in [0.25, 0.3) is 0 Å². The quantitative estimate of drug-likeness (QED) is 0.436. The predicted molar refractivity (Wildman–Crippen MR) is 87.3 cm³/mol. The smallest absolute Gasteiger partial charge is 0.310 e. The molecule has 0 radical (unpaired) electrons. The van der Waals surface area contributed by atoms with E-state index in [2.05, 4.69) is 0 Å². The first kappa shape index (κ1) is 18.0. The number of ether oxygens (including phenoxy) is 1. The van der Waals surface area contributed by atoms with Gasteiger partial charge in [-0.15, -0.1) is 23.2 Å². The first-order valence-electron chi connectivity index (χ1n) is 6.68. The van der Waals surface area contributed by atoms with Crippen LogP contribution in [0.2, 0.25) is 0 Å². The first-order valence-corrected chi connectivity index (χ1v) is 7.85. The van der Waals surface area contributed by atoms with E-state index in [0.29, 0.717) is 11.4 Å². The Bertz CT molecular complexity index is 404. The summed E-state index contributed by atoms with van der Waals surface area (Å²) in [5, 5.41) is 0. The largest absolute Gasteiger partial charge is 0.460 e. The van der Waals surface area contributed by atoms with Crippen molar-refractivity contribution in [2.45, 2.75) is 44.1 Å². The second-order valence-corrected chi connectivity index (χ2v) is 8.61. The summed E-state index contributed by atoms with van der Waals surface area (Å²) < 4.78 is 4.54. The number of rotatable bonds is 2. The van der Waals surface area contributed by atoms with E-state index < -0.39 is 15.9 Å². The topological polar surface area (TPSA) is 29.5 Å². The zero-order chi connectivity index (χ0) is 15.9. The maximum atomic E-state index is 12.4. The summed E-state index contributed by atoms with van der Waals surface area (Å²) in [6.45, 7) is 7.47. The normalized spacial score (nSPS) is 29.1. The van der Waals surface area contributed by atoms with Gasteiger partial charge in [-0.25, -0.2) is 0 Å². The molecular formula is C14H23Cl2NO2S. The summed E-state index contributed by atoms with van der Waals surface area (Å²) >= 11 is 18.2. The van der Waals surface area contributed by atoms with Gasteiger partial charge in [-0.2, -0.15) is 0 Å². The minimum atomic E-state index is -0.952. The van der Waals surface area contributed by atoms with Crippen LogP contribution in [-0.2, 0) is 9.53 Å². The molecule has 0 N–H and O–H groups in total. The van der Waals surface area contributed by atoms with Crippen LogP contribution >= 0.6 is 35.4 Å². The van der Waals surface area contributed by atoms with Gasteiger partial charge in [0.25, 0.3) is 0 Å². The monoisotopic (exact) mass is 339 g/mol. The van der Waals surface area contributed by atoms with Crippen molar-refractivity contribution in [3.8, 4) is 0 Å². The van der Waals surface area contributed by atoms with Crippen molar-refractivity contribution in [3.63, 3.8) is 0 Å². The molecule has 0 heterocycles. The Balaban J connectivity index is 3.03. The molecule has 0 amide bonds. The molecule has 0 unspecified atom stereocenters. The van der Waals surface area contributed by atoms with Gasteiger partial charge >= 0.3 is 5.97 Å². The van der Waals surface area contributed by atoms with Crippen LogP contribution in [0.3, 0.4) is 0 Å². The van der Waals surface area contributed by atoms with E-state index in [4.69, 9.17) is 40.2 Å². The van der Waals surface area contributed by atoms with Gasteiger partial charge in [-0.05, 0) is 33.1 Å². The fourth-order valence-electron chi connectivity index (χ4n) is 2.51. The summed E-state index contributed by atoms with van der Waals surface area (Å²) in [4.78, 5) is 14.9. The Kier molecular flexibility index (Phi) is 5.37. The van der Waals surface area contributed by atoms with E-state index >= 15 is 0 Å². The number of thiocarbonyl (C=S) groups is 1. The molecule has 3 atom stereocenters. The van der Waals surface area contributed by atoms with Crippen molar-refractivity contribution in [3.05, 3.63) is 0 Å². The van der Waals surface area contributed by atoms with Gasteiger partial charge in [0.05, 0.1) is 10.9 Å². The molecule has 20 heavy (non-hydrogen) atoms. The molecule has 0 bridgehead atoms. The van der Waals surface area contributed by atoms with Gasteiger partial charge < -0.3 is 9.64 Å². The minimum absolute atomic E-state index is 0.0988. The number of carbonyl (C=O) groups excluding carboxylic acids is 1. The minimum Gasteiger partial charge on any atom is -0.460 e. The van der Waals surface area contributed by atoms with E-state index in [1.807, 2.05) is 46.7 Å². The summed E-state index contributed by atoms with van der Waals surface area (Å²) in [6, 6.07) is 0. The second-order valence-electron chi connectivity index (χ2n) is 6.65. The molecule has 0 aromatic heterocycles. The third kappa shape index (κ3) is 3.99. The van der Waals surface area contributed by atoms with Crippen LogP contribution in [0.15, 0.2) is 0 Å². The van der Waals surface area contributed by atoms with Crippen LogP contribution in [0.5, 0.6) is 0 Å². The third-order valence-corrected chi connectivity index (χ3v) is 5.20. The standard InChI is InChI=1S/C14H23Cl2NO2S/c1-8-10(11(20)17(5)6)9(7-14(8,15)16)12(18)19-13(2,3)4/h8-10H,7H2,1-6H3/t8-,9-,10-/m0/s1. The van der Waals surface area contributed by atoms with E-state index in [9.17, 15) is 4.79 Å². The molecule has 1 aliphatic carbocycles. The van der Waals surface area contributed by atoms with Gasteiger partial charge in [0.15, 0.2) is 0 Å². The van der Waals surface area contributed by atoms with Crippen molar-refractivity contribution in [1.82, 2.24) is 4.90 Å². The van der Waals surface area contributed by atoms with Crippen LogP contribution in [-0.4, -0.2) is 39.9 Å². The molecule has 116 valence electrons. The SMILES string of the molecule is C[C@H]1[C@H](C(=S)N(C)C)[C@@H](C(=O)OC(C)(C)C)CC1(Cl)Cl. The summed E-state index contributed by atoms with van der Waals surface area (Å²) in [6.07, 6.45) is 0.366. The van der Waals surface area contributed by atoms with Gasteiger partial charge in [0.1, 0.15) is 9.93 Å². The zero-order valence-corrected chi connectivity index (χ0v) is 15.2. The van der Waals surface area contributed by atoms with Crippen LogP contribution in [0.1, 0.15) is 34.1 Å². The highest BCUT2D eigenvalue weighted by Crippen LogP contribution is 2.52. The van der Waals surface area contributed by atoms with Gasteiger partial charge in [0.2, 0.25) is 0 Å². The van der Waals surface area contributed by atoms with Gasteiger partial charge in [0, 0.05) is 20.0 Å². The maximum Gasteiger partial charge on any atom is 0.310 e. The van der Waals surface area contributed by atoms with Crippen molar-refractivity contribution in [1.29, 1.82) is 0 Å². The zero-order valence-electron chi connectivity index (χ0n) is 12.9. The van der Waals surface area contributed by atoms with E-state index in [0.717, 1.165) is 0 Å². The predicted octanol–water partition coefficient (Wildman–Crippen LogP) is 3.66. The summed E-state index contributed by atoms with van der Waals surface area (Å²) in [7, 11) is 3.73.